The number of allylic oxidation sites excluding steroid dienone is 2. The van der Waals surface area contributed by atoms with Gasteiger partial charge in [-0.25, -0.2) is 4.79 Å². The number of aliphatic carboxylic acids is 1. The molecule has 1 aromatic carbocycles. The SMILES string of the molecule is C[C@H](C(=O)O)n1c(O)c(/C=C2\C(=O)C=Cc3ccccc32)sc1=S. The average Bonchev–Trinajstić information content (AvgIpc) is 2.83. The summed E-state index contributed by atoms with van der Waals surface area (Å²) in [5.74, 6) is -1.52. The molecule has 0 aliphatic heterocycles. The van der Waals surface area contributed by atoms with E-state index >= 15 is 0 Å². The van der Waals surface area contributed by atoms with Gasteiger partial charge in [-0.1, -0.05) is 30.3 Å². The van der Waals surface area contributed by atoms with Gasteiger partial charge in [0.1, 0.15) is 6.04 Å². The fourth-order valence-corrected chi connectivity index (χ4v) is 3.91. The minimum atomic E-state index is -1.10. The van der Waals surface area contributed by atoms with Gasteiger partial charge in [-0.2, -0.15) is 0 Å². The van der Waals surface area contributed by atoms with Crippen LogP contribution in [0.5, 0.6) is 5.88 Å². The van der Waals surface area contributed by atoms with E-state index in [1.165, 1.54) is 17.6 Å². The Morgan fingerprint density at radius 3 is 2.75 bits per heavy atom. The molecule has 0 fully saturated rings. The number of carboxylic acids is 1. The topological polar surface area (TPSA) is 79.5 Å². The van der Waals surface area contributed by atoms with Crippen molar-refractivity contribution in [3.8, 4) is 5.88 Å². The zero-order valence-electron chi connectivity index (χ0n) is 12.6. The first kappa shape index (κ1) is 16.4. The van der Waals surface area contributed by atoms with Crippen LogP contribution in [-0.4, -0.2) is 26.5 Å². The Morgan fingerprint density at radius 2 is 2.04 bits per heavy atom. The fourth-order valence-electron chi connectivity index (χ4n) is 2.50. The number of rotatable bonds is 3. The van der Waals surface area contributed by atoms with E-state index in [1.54, 1.807) is 12.2 Å². The van der Waals surface area contributed by atoms with E-state index in [0.29, 0.717) is 10.5 Å². The second-order valence-corrected chi connectivity index (χ2v) is 6.96. The van der Waals surface area contributed by atoms with Crippen molar-refractivity contribution in [2.75, 3.05) is 0 Å². The lowest BCUT2D eigenvalue weighted by molar-refractivity contribution is -0.140. The highest BCUT2D eigenvalue weighted by Gasteiger charge is 2.23. The number of hydrogen-bond acceptors (Lipinski definition) is 5. The third kappa shape index (κ3) is 2.72. The predicted molar refractivity (Wildman–Crippen MR) is 95.5 cm³/mol. The van der Waals surface area contributed by atoms with Crippen LogP contribution < -0.4 is 0 Å². The molecule has 0 amide bonds. The zero-order valence-corrected chi connectivity index (χ0v) is 14.2. The standard InChI is InChI=1S/C17H13NO4S2/c1-9(16(21)22)18-15(20)14(24-17(18)23)8-12-11-5-3-2-4-10(11)6-7-13(12)19/h2-9,20H,1H3,(H,21,22)/b12-8-/t9-/m1/s1. The van der Waals surface area contributed by atoms with Crippen molar-refractivity contribution < 1.29 is 19.8 Å². The lowest BCUT2D eigenvalue weighted by Crippen LogP contribution is -2.15. The molecule has 3 rings (SSSR count). The monoisotopic (exact) mass is 359 g/mol. The predicted octanol–water partition coefficient (Wildman–Crippen LogP) is 3.77. The van der Waals surface area contributed by atoms with Crippen molar-refractivity contribution in [1.29, 1.82) is 0 Å². The molecule has 2 aromatic rings. The zero-order chi connectivity index (χ0) is 17.4. The van der Waals surface area contributed by atoms with E-state index in [-0.39, 0.29) is 15.6 Å². The average molecular weight is 359 g/mol. The summed E-state index contributed by atoms with van der Waals surface area (Å²) in [6, 6.07) is 6.44. The van der Waals surface area contributed by atoms with E-state index in [4.69, 9.17) is 17.3 Å². The van der Waals surface area contributed by atoms with Crippen LogP contribution in [0.3, 0.4) is 0 Å². The summed E-state index contributed by atoms with van der Waals surface area (Å²) in [5, 5.41) is 19.5. The molecule has 0 saturated heterocycles. The number of aromatic nitrogens is 1. The number of nitrogens with zero attached hydrogens (tertiary/aromatic N) is 1. The Labute approximate surface area is 146 Å². The van der Waals surface area contributed by atoms with Crippen molar-refractivity contribution in [2.24, 2.45) is 0 Å². The van der Waals surface area contributed by atoms with Gasteiger partial charge in [-0.15, -0.1) is 11.3 Å². The van der Waals surface area contributed by atoms with Gasteiger partial charge in [-0.05, 0) is 42.4 Å². The normalized spacial score (nSPS) is 16.2. The molecule has 1 heterocycles. The number of fused-ring (bicyclic) bond motifs is 1. The Kier molecular flexibility index (Phi) is 4.21. The maximum absolute atomic E-state index is 12.2. The van der Waals surface area contributed by atoms with Crippen molar-refractivity contribution in [1.82, 2.24) is 4.57 Å². The second-order valence-electron chi connectivity index (χ2n) is 5.28. The number of carboxylic acid groups (broad SMARTS) is 1. The summed E-state index contributed by atoms with van der Waals surface area (Å²) in [5.41, 5.74) is 2.11. The molecule has 1 aliphatic rings. The molecule has 0 unspecified atom stereocenters. The molecular formula is C17H13NO4S2. The lowest BCUT2D eigenvalue weighted by Gasteiger charge is -2.13. The molecule has 1 aliphatic carbocycles. The quantitative estimate of drug-likeness (QED) is 0.644. The molecule has 5 nitrogen and oxygen atoms in total. The number of ketones is 1. The van der Waals surface area contributed by atoms with Crippen LogP contribution >= 0.6 is 23.6 Å². The van der Waals surface area contributed by atoms with E-state index in [9.17, 15) is 14.7 Å². The van der Waals surface area contributed by atoms with Gasteiger partial charge >= 0.3 is 5.97 Å². The van der Waals surface area contributed by atoms with Crippen LogP contribution in [0.2, 0.25) is 0 Å². The minimum absolute atomic E-state index is 0.176. The van der Waals surface area contributed by atoms with Gasteiger partial charge in [0.2, 0.25) is 5.88 Å². The molecule has 0 bridgehead atoms. The maximum atomic E-state index is 12.2. The maximum Gasteiger partial charge on any atom is 0.326 e. The van der Waals surface area contributed by atoms with Crippen molar-refractivity contribution >= 4 is 53.0 Å². The molecule has 24 heavy (non-hydrogen) atoms. The van der Waals surface area contributed by atoms with Gasteiger partial charge < -0.3 is 10.2 Å². The Morgan fingerprint density at radius 1 is 1.33 bits per heavy atom. The number of carbonyl (C=O) groups excluding carboxylic acids is 1. The van der Waals surface area contributed by atoms with Crippen LogP contribution in [-0.2, 0) is 9.59 Å². The lowest BCUT2D eigenvalue weighted by atomic mass is 9.91. The first-order chi connectivity index (χ1) is 11.4. The summed E-state index contributed by atoms with van der Waals surface area (Å²) < 4.78 is 1.41. The Balaban J connectivity index is 2.15. The van der Waals surface area contributed by atoms with Crippen molar-refractivity contribution in [3.05, 3.63) is 50.3 Å². The Hall–Kier alpha value is -2.51. The van der Waals surface area contributed by atoms with Gasteiger partial charge in [0, 0.05) is 5.57 Å². The molecule has 0 radical (unpaired) electrons. The summed E-state index contributed by atoms with van der Waals surface area (Å²) >= 11 is 6.23. The first-order valence-electron chi connectivity index (χ1n) is 7.10. The van der Waals surface area contributed by atoms with Crippen LogP contribution in [0.1, 0.15) is 29.0 Å². The molecule has 7 heteroatoms. The first-order valence-corrected chi connectivity index (χ1v) is 8.33. The molecule has 0 spiro atoms. The molecule has 2 N–H and O–H groups in total. The van der Waals surface area contributed by atoms with Crippen LogP contribution in [0, 0.1) is 3.95 Å². The van der Waals surface area contributed by atoms with Gasteiger partial charge in [-0.3, -0.25) is 9.36 Å². The number of benzene rings is 1. The second kappa shape index (κ2) is 6.18. The number of carbonyl (C=O) groups is 2. The van der Waals surface area contributed by atoms with Crippen molar-refractivity contribution in [2.45, 2.75) is 13.0 Å². The summed E-state index contributed by atoms with van der Waals surface area (Å²) in [7, 11) is 0. The Bertz CT molecular complexity index is 965. The molecule has 0 saturated carbocycles. The molecule has 1 atom stereocenters. The van der Waals surface area contributed by atoms with Gasteiger partial charge in [0.25, 0.3) is 0 Å². The highest BCUT2D eigenvalue weighted by Crippen LogP contribution is 2.35. The fraction of sp³-hybridized carbons (Fsp3) is 0.118. The summed E-state index contributed by atoms with van der Waals surface area (Å²) in [6.07, 6.45) is 4.78. The van der Waals surface area contributed by atoms with E-state index in [2.05, 4.69) is 0 Å². The third-order valence-corrected chi connectivity index (χ3v) is 5.13. The van der Waals surface area contributed by atoms with E-state index in [1.807, 2.05) is 24.3 Å². The summed E-state index contributed by atoms with van der Waals surface area (Å²) in [4.78, 5) is 23.8. The molecule has 122 valence electrons. The highest BCUT2D eigenvalue weighted by atomic mass is 32.1. The smallest absolute Gasteiger partial charge is 0.326 e. The number of hydrogen-bond donors (Lipinski definition) is 2. The largest absolute Gasteiger partial charge is 0.493 e. The summed E-state index contributed by atoms with van der Waals surface area (Å²) in [6.45, 7) is 1.44. The number of aromatic hydroxyl groups is 1. The third-order valence-electron chi connectivity index (χ3n) is 3.79. The number of thiazole rings is 1. The van der Waals surface area contributed by atoms with Gasteiger partial charge in [0.15, 0.2) is 9.74 Å². The van der Waals surface area contributed by atoms with E-state index in [0.717, 1.165) is 22.5 Å². The highest BCUT2D eigenvalue weighted by molar-refractivity contribution is 7.73. The van der Waals surface area contributed by atoms with Crippen LogP contribution in [0.4, 0.5) is 0 Å². The van der Waals surface area contributed by atoms with Gasteiger partial charge in [0.05, 0.1) is 4.88 Å². The molecular weight excluding hydrogens is 346 g/mol. The van der Waals surface area contributed by atoms with E-state index < -0.39 is 12.0 Å². The van der Waals surface area contributed by atoms with Crippen molar-refractivity contribution in [3.63, 3.8) is 0 Å². The van der Waals surface area contributed by atoms with Crippen LogP contribution in [0.15, 0.2) is 30.3 Å². The van der Waals surface area contributed by atoms with Crippen LogP contribution in [0.25, 0.3) is 17.7 Å². The molecule has 1 aromatic heterocycles. The minimum Gasteiger partial charge on any atom is -0.493 e.